The second kappa shape index (κ2) is 3.72. The van der Waals surface area contributed by atoms with Crippen LogP contribution < -0.4 is 5.73 Å². The van der Waals surface area contributed by atoms with Crippen LogP contribution in [0.2, 0.25) is 0 Å². The molecule has 0 spiro atoms. The van der Waals surface area contributed by atoms with E-state index in [0.717, 1.165) is 11.5 Å². The minimum atomic E-state index is 0. The summed E-state index contributed by atoms with van der Waals surface area (Å²) in [5.74, 6) is 2.64. The van der Waals surface area contributed by atoms with E-state index in [1.165, 1.54) is 18.4 Å². The monoisotopic (exact) mass is 201 g/mol. The average molecular weight is 202 g/mol. The minimum Gasteiger partial charge on any atom is -0.464 e. The molecule has 0 aromatic carbocycles. The van der Waals surface area contributed by atoms with E-state index in [0.29, 0.717) is 5.92 Å². The van der Waals surface area contributed by atoms with Crippen LogP contribution in [0.3, 0.4) is 0 Å². The summed E-state index contributed by atoms with van der Waals surface area (Å²) in [6.45, 7) is 4.04. The van der Waals surface area contributed by atoms with Crippen LogP contribution in [0.5, 0.6) is 0 Å². The maximum Gasteiger partial charge on any atom is 0.121 e. The molecule has 0 amide bonds. The Morgan fingerprint density at radius 3 is 2.46 bits per heavy atom. The Balaban J connectivity index is 0.000000845. The van der Waals surface area contributed by atoms with Crippen molar-refractivity contribution in [3.8, 4) is 0 Å². The fraction of sp³-hybridized carbons (Fsp3) is 0.600. The minimum absolute atomic E-state index is 0. The molecule has 1 fully saturated rings. The van der Waals surface area contributed by atoms with Crippen LogP contribution in [0.25, 0.3) is 0 Å². The van der Waals surface area contributed by atoms with Gasteiger partial charge in [0.1, 0.15) is 11.5 Å². The molecular formula is C10H16ClNO. The van der Waals surface area contributed by atoms with Crippen LogP contribution in [-0.4, -0.2) is 0 Å². The number of rotatable bonds is 2. The maximum atomic E-state index is 5.99. The lowest BCUT2D eigenvalue weighted by Crippen LogP contribution is -2.10. The Morgan fingerprint density at radius 1 is 1.46 bits per heavy atom. The highest BCUT2D eigenvalue weighted by atomic mass is 35.5. The molecular weight excluding hydrogens is 186 g/mol. The van der Waals surface area contributed by atoms with E-state index >= 15 is 0 Å². The molecule has 1 aliphatic carbocycles. The molecule has 1 heterocycles. The van der Waals surface area contributed by atoms with Gasteiger partial charge in [0.25, 0.3) is 0 Å². The van der Waals surface area contributed by atoms with E-state index < -0.39 is 0 Å². The third-order valence-electron chi connectivity index (χ3n) is 2.64. The molecule has 0 saturated heterocycles. The molecule has 1 aromatic heterocycles. The molecule has 2 N–H and O–H groups in total. The molecule has 3 heteroatoms. The van der Waals surface area contributed by atoms with Crippen LogP contribution in [-0.2, 0) is 0 Å². The van der Waals surface area contributed by atoms with Crippen LogP contribution in [0.15, 0.2) is 10.5 Å². The normalized spacial score (nSPS) is 18.1. The van der Waals surface area contributed by atoms with E-state index in [1.54, 1.807) is 0 Å². The molecule has 2 rings (SSSR count). The van der Waals surface area contributed by atoms with E-state index in [-0.39, 0.29) is 18.4 Å². The van der Waals surface area contributed by atoms with Crippen molar-refractivity contribution in [1.82, 2.24) is 0 Å². The van der Waals surface area contributed by atoms with Crippen LogP contribution in [0, 0.1) is 19.8 Å². The smallest absolute Gasteiger partial charge is 0.121 e. The van der Waals surface area contributed by atoms with Gasteiger partial charge in [-0.15, -0.1) is 12.4 Å². The highest BCUT2D eigenvalue weighted by molar-refractivity contribution is 5.85. The molecule has 1 aromatic rings. The van der Waals surface area contributed by atoms with Crippen LogP contribution in [0.4, 0.5) is 0 Å². The third kappa shape index (κ3) is 2.06. The molecule has 1 saturated carbocycles. The summed E-state index contributed by atoms with van der Waals surface area (Å²) in [6.07, 6.45) is 2.53. The summed E-state index contributed by atoms with van der Waals surface area (Å²) < 4.78 is 5.55. The first-order chi connectivity index (χ1) is 5.68. The second-order valence-corrected chi connectivity index (χ2v) is 3.75. The van der Waals surface area contributed by atoms with Crippen molar-refractivity contribution in [3.05, 3.63) is 23.2 Å². The quantitative estimate of drug-likeness (QED) is 0.799. The van der Waals surface area contributed by atoms with Crippen molar-refractivity contribution in [1.29, 1.82) is 0 Å². The Labute approximate surface area is 84.9 Å². The largest absolute Gasteiger partial charge is 0.464 e. The number of halogens is 1. The summed E-state index contributed by atoms with van der Waals surface area (Å²) >= 11 is 0. The van der Waals surface area contributed by atoms with E-state index in [4.69, 9.17) is 10.2 Å². The Morgan fingerprint density at radius 2 is 2.08 bits per heavy atom. The molecule has 0 radical (unpaired) electrons. The number of aryl methyl sites for hydroxylation is 2. The van der Waals surface area contributed by atoms with Crippen molar-refractivity contribution in [2.24, 2.45) is 11.7 Å². The first-order valence-corrected chi connectivity index (χ1v) is 4.51. The molecule has 0 unspecified atom stereocenters. The summed E-state index contributed by atoms with van der Waals surface area (Å²) in [5.41, 5.74) is 7.20. The first kappa shape index (κ1) is 10.6. The molecule has 1 atom stereocenters. The lowest BCUT2D eigenvalue weighted by atomic mass is 10.1. The van der Waals surface area contributed by atoms with E-state index in [2.05, 4.69) is 13.0 Å². The summed E-state index contributed by atoms with van der Waals surface area (Å²) in [6, 6.07) is 2.20. The predicted octanol–water partition coefficient (Wildman–Crippen LogP) is 2.73. The second-order valence-electron chi connectivity index (χ2n) is 3.75. The topological polar surface area (TPSA) is 39.2 Å². The first-order valence-electron chi connectivity index (χ1n) is 4.51. The highest BCUT2D eigenvalue weighted by Crippen LogP contribution is 2.40. The van der Waals surface area contributed by atoms with Gasteiger partial charge in [0.15, 0.2) is 0 Å². The van der Waals surface area contributed by atoms with Gasteiger partial charge in [-0.1, -0.05) is 0 Å². The Kier molecular flexibility index (Phi) is 3.04. The van der Waals surface area contributed by atoms with Gasteiger partial charge >= 0.3 is 0 Å². The molecule has 13 heavy (non-hydrogen) atoms. The van der Waals surface area contributed by atoms with Gasteiger partial charge in [-0.05, 0) is 44.2 Å². The van der Waals surface area contributed by atoms with Gasteiger partial charge in [-0.3, -0.25) is 0 Å². The lowest BCUT2D eigenvalue weighted by molar-refractivity contribution is 0.425. The molecule has 1 aliphatic rings. The van der Waals surface area contributed by atoms with Gasteiger partial charge in [-0.25, -0.2) is 0 Å². The molecule has 0 bridgehead atoms. The van der Waals surface area contributed by atoms with E-state index in [9.17, 15) is 0 Å². The zero-order chi connectivity index (χ0) is 8.72. The van der Waals surface area contributed by atoms with Crippen molar-refractivity contribution < 1.29 is 4.42 Å². The lowest BCUT2D eigenvalue weighted by Gasteiger charge is -2.04. The van der Waals surface area contributed by atoms with Gasteiger partial charge in [-0.2, -0.15) is 0 Å². The fourth-order valence-electron chi connectivity index (χ4n) is 1.45. The summed E-state index contributed by atoms with van der Waals surface area (Å²) in [4.78, 5) is 0. The predicted molar refractivity (Wildman–Crippen MR) is 55.1 cm³/mol. The standard InChI is InChI=1S/C10H15NO.ClH/c1-6-5-9(12-7(6)2)10(11)8-3-4-8;/h5,8,10H,3-4,11H2,1-2H3;1H/t10-;/m1./s1. The average Bonchev–Trinajstić information content (AvgIpc) is 2.80. The SMILES string of the molecule is Cc1cc([C@H](N)C2CC2)oc1C.Cl. The number of hydrogen-bond acceptors (Lipinski definition) is 2. The number of furan rings is 1. The Hall–Kier alpha value is -0.470. The van der Waals surface area contributed by atoms with Crippen molar-refractivity contribution >= 4 is 12.4 Å². The van der Waals surface area contributed by atoms with Crippen molar-refractivity contribution in [3.63, 3.8) is 0 Å². The number of nitrogens with two attached hydrogens (primary N) is 1. The van der Waals surface area contributed by atoms with Crippen LogP contribution in [0.1, 0.15) is 36.0 Å². The van der Waals surface area contributed by atoms with Crippen molar-refractivity contribution in [2.45, 2.75) is 32.7 Å². The summed E-state index contributed by atoms with van der Waals surface area (Å²) in [7, 11) is 0. The van der Waals surface area contributed by atoms with Gasteiger partial charge < -0.3 is 10.2 Å². The third-order valence-corrected chi connectivity index (χ3v) is 2.64. The van der Waals surface area contributed by atoms with Crippen molar-refractivity contribution in [2.75, 3.05) is 0 Å². The summed E-state index contributed by atoms with van der Waals surface area (Å²) in [5, 5.41) is 0. The molecule has 74 valence electrons. The zero-order valence-electron chi connectivity index (χ0n) is 8.04. The van der Waals surface area contributed by atoms with Gasteiger partial charge in [0.2, 0.25) is 0 Å². The molecule has 2 nitrogen and oxygen atoms in total. The van der Waals surface area contributed by atoms with Gasteiger partial charge in [0, 0.05) is 0 Å². The van der Waals surface area contributed by atoms with Crippen LogP contribution >= 0.6 is 12.4 Å². The van der Waals surface area contributed by atoms with E-state index in [1.807, 2.05) is 6.92 Å². The maximum absolute atomic E-state index is 5.99. The molecule has 0 aliphatic heterocycles. The fourth-order valence-corrected chi connectivity index (χ4v) is 1.45. The Bertz CT molecular complexity index is 272. The highest BCUT2D eigenvalue weighted by Gasteiger charge is 2.31. The van der Waals surface area contributed by atoms with Gasteiger partial charge in [0.05, 0.1) is 6.04 Å². The zero-order valence-corrected chi connectivity index (χ0v) is 8.86. The number of hydrogen-bond donors (Lipinski definition) is 1.